The van der Waals surface area contributed by atoms with Crippen LogP contribution >= 0.6 is 0 Å². The lowest BCUT2D eigenvalue weighted by Gasteiger charge is -2.29. The van der Waals surface area contributed by atoms with Gasteiger partial charge < -0.3 is 13.7 Å². The lowest BCUT2D eigenvalue weighted by atomic mass is 10.0. The van der Waals surface area contributed by atoms with Crippen molar-refractivity contribution in [2.45, 2.75) is 29.8 Å². The maximum absolute atomic E-state index is 13.8. The molecule has 1 unspecified atom stereocenters. The van der Waals surface area contributed by atoms with Crippen molar-refractivity contribution in [3.63, 3.8) is 0 Å². The molecule has 0 aromatic heterocycles. The van der Waals surface area contributed by atoms with Crippen molar-refractivity contribution in [1.82, 2.24) is 0 Å². The molecule has 1 rings (SSSR count). The van der Waals surface area contributed by atoms with Gasteiger partial charge in [0.1, 0.15) is 19.0 Å². The van der Waals surface area contributed by atoms with E-state index in [9.17, 15) is 52.8 Å². The van der Waals surface area contributed by atoms with Gasteiger partial charge in [-0.3, -0.25) is 9.35 Å². The standard InChI is InChI=1S/C16H16F6O10S2/c1-9(2)12(23)30-7-8-31-13(24)10-3-5-11(6-4-10)32-34(28,29)16(21,22)14(17,18)15(19,20)33(25,26)27/h3,5-6,10H,1,4,7-8H2,2H3,(H,25,26,27). The van der Waals surface area contributed by atoms with Gasteiger partial charge in [0.2, 0.25) is 0 Å². The van der Waals surface area contributed by atoms with E-state index in [1.165, 1.54) is 6.92 Å². The third-order valence-electron chi connectivity index (χ3n) is 3.85. The molecule has 10 nitrogen and oxygen atoms in total. The molecule has 0 saturated heterocycles. The predicted molar refractivity (Wildman–Crippen MR) is 98.5 cm³/mol. The first-order chi connectivity index (χ1) is 15.2. The molecular formula is C16H16F6O10S2. The van der Waals surface area contributed by atoms with Crippen LogP contribution in [0.3, 0.4) is 0 Å². The highest BCUT2D eigenvalue weighted by Gasteiger charge is 2.83. The molecule has 1 N–H and O–H groups in total. The monoisotopic (exact) mass is 546 g/mol. The fourth-order valence-corrected chi connectivity index (χ4v) is 3.45. The number of halogens is 6. The van der Waals surface area contributed by atoms with Gasteiger partial charge in [0.25, 0.3) is 0 Å². The van der Waals surface area contributed by atoms with E-state index in [2.05, 4.69) is 15.5 Å². The summed E-state index contributed by atoms with van der Waals surface area (Å²) in [5, 5.41) is -13.7. The number of hydrogen-bond donors (Lipinski definition) is 1. The Morgan fingerprint density at radius 1 is 1.06 bits per heavy atom. The quantitative estimate of drug-likeness (QED) is 0.102. The van der Waals surface area contributed by atoms with Crippen LogP contribution in [0.5, 0.6) is 0 Å². The second kappa shape index (κ2) is 9.95. The molecule has 1 aliphatic carbocycles. The van der Waals surface area contributed by atoms with Gasteiger partial charge in [0.05, 0.1) is 5.92 Å². The molecule has 194 valence electrons. The molecule has 0 spiro atoms. The van der Waals surface area contributed by atoms with Crippen molar-refractivity contribution in [2.24, 2.45) is 5.92 Å². The van der Waals surface area contributed by atoms with Gasteiger partial charge in [-0.25, -0.2) is 4.79 Å². The molecule has 18 heteroatoms. The lowest BCUT2D eigenvalue weighted by molar-refractivity contribution is -0.247. The highest BCUT2D eigenvalue weighted by molar-refractivity contribution is 7.88. The van der Waals surface area contributed by atoms with Gasteiger partial charge in [0.15, 0.2) is 0 Å². The van der Waals surface area contributed by atoms with Crippen molar-refractivity contribution < 1.29 is 71.0 Å². The van der Waals surface area contributed by atoms with E-state index in [4.69, 9.17) is 9.29 Å². The van der Waals surface area contributed by atoms with Crippen LogP contribution in [-0.2, 0) is 43.5 Å². The number of alkyl halides is 6. The largest absolute Gasteiger partial charge is 0.462 e. The second-order valence-corrected chi connectivity index (χ2v) is 9.56. The van der Waals surface area contributed by atoms with Crippen LogP contribution in [0, 0.1) is 5.92 Å². The zero-order valence-electron chi connectivity index (χ0n) is 16.8. The van der Waals surface area contributed by atoms with E-state index in [1.54, 1.807) is 0 Å². The number of rotatable bonds is 11. The summed E-state index contributed by atoms with van der Waals surface area (Å²) in [6, 6.07) is 0. The number of carbonyl (C=O) groups is 2. The maximum Gasteiger partial charge on any atom is 0.450 e. The molecule has 0 radical (unpaired) electrons. The topological polar surface area (TPSA) is 150 Å². The minimum absolute atomic E-state index is 0.0826. The molecule has 0 heterocycles. The molecular weight excluding hydrogens is 530 g/mol. The van der Waals surface area contributed by atoms with Gasteiger partial charge in [-0.15, -0.1) is 0 Å². The Labute approximate surface area is 188 Å². The van der Waals surface area contributed by atoms with Crippen molar-refractivity contribution in [1.29, 1.82) is 0 Å². The maximum atomic E-state index is 13.8. The number of carbonyl (C=O) groups excluding carboxylic acids is 2. The molecule has 0 saturated carbocycles. The van der Waals surface area contributed by atoms with Crippen LogP contribution in [0.25, 0.3) is 0 Å². The smallest absolute Gasteiger partial charge is 0.450 e. The van der Waals surface area contributed by atoms with Crippen molar-refractivity contribution in [2.75, 3.05) is 13.2 Å². The summed E-state index contributed by atoms with van der Waals surface area (Å²) >= 11 is 0. The Balaban J connectivity index is 2.85. The average Bonchev–Trinajstić information content (AvgIpc) is 2.69. The molecule has 0 aromatic rings. The summed E-state index contributed by atoms with van der Waals surface area (Å²) in [7, 11) is -14.1. The van der Waals surface area contributed by atoms with Gasteiger partial charge in [0, 0.05) is 5.57 Å². The van der Waals surface area contributed by atoms with Crippen LogP contribution in [0.4, 0.5) is 26.3 Å². The SMILES string of the molecule is C=C(C)C(=O)OCCOC(=O)C1C=CC(OS(=O)(=O)C(F)(F)C(F)(F)C(F)(F)S(=O)(=O)O)=CC1. The number of hydrogen-bond acceptors (Lipinski definition) is 9. The Hall–Kier alpha value is -2.60. The average molecular weight is 546 g/mol. The predicted octanol–water partition coefficient (Wildman–Crippen LogP) is 2.16. The van der Waals surface area contributed by atoms with E-state index in [0.717, 1.165) is 6.08 Å². The Morgan fingerprint density at radius 3 is 2.03 bits per heavy atom. The van der Waals surface area contributed by atoms with E-state index in [-0.39, 0.29) is 12.2 Å². The van der Waals surface area contributed by atoms with Crippen LogP contribution < -0.4 is 0 Å². The second-order valence-electron chi connectivity index (χ2n) is 6.51. The number of esters is 2. The number of ether oxygens (including phenoxy) is 2. The van der Waals surface area contributed by atoms with Crippen LogP contribution in [0.1, 0.15) is 13.3 Å². The minimum atomic E-state index is -7.17. The highest BCUT2D eigenvalue weighted by Crippen LogP contribution is 2.51. The van der Waals surface area contributed by atoms with Crippen LogP contribution in [-0.4, -0.2) is 63.0 Å². The van der Waals surface area contributed by atoms with Crippen LogP contribution in [0.15, 0.2) is 36.1 Å². The fourth-order valence-electron chi connectivity index (χ4n) is 2.01. The normalized spacial score (nSPS) is 17.5. The van der Waals surface area contributed by atoms with E-state index in [0.29, 0.717) is 12.2 Å². The fraction of sp³-hybridized carbons (Fsp3) is 0.500. The summed E-state index contributed by atoms with van der Waals surface area (Å²) in [5.74, 6) is -11.1. The molecule has 1 aliphatic rings. The first kappa shape index (κ1) is 29.4. The van der Waals surface area contributed by atoms with E-state index in [1.807, 2.05) is 0 Å². The third-order valence-corrected chi connectivity index (χ3v) is 6.05. The zero-order chi connectivity index (χ0) is 26.8. The van der Waals surface area contributed by atoms with Crippen LogP contribution in [0.2, 0.25) is 0 Å². The molecule has 0 aliphatic heterocycles. The Morgan fingerprint density at radius 2 is 1.59 bits per heavy atom. The minimum Gasteiger partial charge on any atom is -0.462 e. The van der Waals surface area contributed by atoms with Gasteiger partial charge in [-0.2, -0.15) is 43.2 Å². The summed E-state index contributed by atoms with van der Waals surface area (Å²) < 4.78 is 146. The summed E-state index contributed by atoms with van der Waals surface area (Å²) in [4.78, 5) is 23.0. The molecule has 0 amide bonds. The van der Waals surface area contributed by atoms with Gasteiger partial charge >= 0.3 is 48.6 Å². The molecule has 34 heavy (non-hydrogen) atoms. The molecule has 1 atom stereocenters. The van der Waals surface area contributed by atoms with Gasteiger partial charge in [-0.1, -0.05) is 12.7 Å². The Kier molecular flexibility index (Phi) is 8.61. The molecule has 0 aromatic carbocycles. The summed E-state index contributed by atoms with van der Waals surface area (Å²) in [5.41, 5.74) is 0.0826. The molecule has 0 bridgehead atoms. The zero-order valence-corrected chi connectivity index (χ0v) is 18.5. The summed E-state index contributed by atoms with van der Waals surface area (Å²) in [6.07, 6.45) is 1.55. The Bertz CT molecular complexity index is 1110. The molecule has 0 fully saturated rings. The number of allylic oxidation sites excluding steroid dienone is 2. The van der Waals surface area contributed by atoms with E-state index >= 15 is 0 Å². The van der Waals surface area contributed by atoms with Crippen molar-refractivity contribution >= 4 is 32.2 Å². The first-order valence-electron chi connectivity index (χ1n) is 8.61. The lowest BCUT2D eigenvalue weighted by Crippen LogP contribution is -2.60. The van der Waals surface area contributed by atoms with Crippen molar-refractivity contribution in [3.05, 3.63) is 36.1 Å². The highest BCUT2D eigenvalue weighted by atomic mass is 32.2. The van der Waals surface area contributed by atoms with E-state index < -0.39 is 73.3 Å². The first-order valence-corrected chi connectivity index (χ1v) is 11.5. The summed E-state index contributed by atoms with van der Waals surface area (Å²) in [6.45, 7) is 3.94. The van der Waals surface area contributed by atoms with Crippen molar-refractivity contribution in [3.8, 4) is 0 Å². The van der Waals surface area contributed by atoms with Gasteiger partial charge in [-0.05, 0) is 25.5 Å². The third kappa shape index (κ3) is 5.90.